The van der Waals surface area contributed by atoms with Crippen molar-refractivity contribution >= 4 is 27.5 Å². The molecule has 0 saturated carbocycles. The van der Waals surface area contributed by atoms with Gasteiger partial charge in [-0.1, -0.05) is 46.6 Å². The molecule has 1 N–H and O–H groups in total. The van der Waals surface area contributed by atoms with Crippen molar-refractivity contribution in [2.45, 2.75) is 19.9 Å². The lowest BCUT2D eigenvalue weighted by atomic mass is 9.94. The van der Waals surface area contributed by atoms with Crippen LogP contribution in [0.2, 0.25) is 5.02 Å². The Hall–Kier alpha value is -1.03. The molecule has 0 aliphatic rings. The van der Waals surface area contributed by atoms with E-state index in [1.807, 2.05) is 24.3 Å². The fourth-order valence-electron chi connectivity index (χ4n) is 2.43. The minimum atomic E-state index is 0.0708. The Balaban J connectivity index is 2.48. The van der Waals surface area contributed by atoms with Crippen LogP contribution in [0, 0.1) is 6.92 Å². The van der Waals surface area contributed by atoms with E-state index in [-0.39, 0.29) is 6.04 Å². The van der Waals surface area contributed by atoms with Gasteiger partial charge in [-0.05, 0) is 54.4 Å². The highest BCUT2D eigenvalue weighted by atomic mass is 79.9. The van der Waals surface area contributed by atoms with Crippen LogP contribution >= 0.6 is 27.5 Å². The average Bonchev–Trinajstić information content (AvgIpc) is 2.46. The van der Waals surface area contributed by atoms with Gasteiger partial charge in [-0.25, -0.2) is 0 Å². The van der Waals surface area contributed by atoms with Crippen molar-refractivity contribution in [2.24, 2.45) is 0 Å². The summed E-state index contributed by atoms with van der Waals surface area (Å²) >= 11 is 9.88. The van der Waals surface area contributed by atoms with Gasteiger partial charge in [-0.3, -0.25) is 0 Å². The summed E-state index contributed by atoms with van der Waals surface area (Å²) in [6, 6.07) is 12.2. The van der Waals surface area contributed by atoms with E-state index >= 15 is 0 Å². The predicted octanol–water partition coefficient (Wildman–Crippen LogP) is 5.12. The van der Waals surface area contributed by atoms with Gasteiger partial charge in [0.1, 0.15) is 5.75 Å². The second kappa shape index (κ2) is 7.30. The summed E-state index contributed by atoms with van der Waals surface area (Å²) in [7, 11) is 1.68. The van der Waals surface area contributed by atoms with Crippen molar-refractivity contribution in [1.29, 1.82) is 0 Å². The summed E-state index contributed by atoms with van der Waals surface area (Å²) in [5.74, 6) is 0.869. The third-order valence-corrected chi connectivity index (χ3v) is 4.29. The van der Waals surface area contributed by atoms with Crippen LogP contribution < -0.4 is 10.1 Å². The molecule has 0 spiro atoms. The minimum Gasteiger partial charge on any atom is -0.497 e. The molecule has 1 unspecified atom stereocenters. The monoisotopic (exact) mass is 367 g/mol. The highest BCUT2D eigenvalue weighted by Crippen LogP contribution is 2.33. The smallest absolute Gasteiger partial charge is 0.119 e. The van der Waals surface area contributed by atoms with Gasteiger partial charge in [0, 0.05) is 9.50 Å². The van der Waals surface area contributed by atoms with E-state index < -0.39 is 0 Å². The molecule has 2 aromatic rings. The first-order valence-corrected chi connectivity index (χ1v) is 8.06. The van der Waals surface area contributed by atoms with E-state index in [9.17, 15) is 0 Å². The largest absolute Gasteiger partial charge is 0.497 e. The van der Waals surface area contributed by atoms with Gasteiger partial charge in [0.25, 0.3) is 0 Å². The molecular weight excluding hydrogens is 350 g/mol. The molecule has 0 aliphatic heterocycles. The molecule has 0 heterocycles. The number of nitrogens with one attached hydrogen (secondary N) is 1. The summed E-state index contributed by atoms with van der Waals surface area (Å²) in [5, 5.41) is 4.27. The Bertz CT molecular complexity index is 630. The lowest BCUT2D eigenvalue weighted by Gasteiger charge is -2.22. The van der Waals surface area contributed by atoms with Crippen LogP contribution in [0.5, 0.6) is 5.75 Å². The Morgan fingerprint density at radius 1 is 1.19 bits per heavy atom. The third kappa shape index (κ3) is 3.79. The Morgan fingerprint density at radius 2 is 1.90 bits per heavy atom. The van der Waals surface area contributed by atoms with Crippen molar-refractivity contribution in [3.8, 4) is 5.75 Å². The molecule has 0 aliphatic carbocycles. The van der Waals surface area contributed by atoms with Gasteiger partial charge in [0.05, 0.1) is 13.2 Å². The van der Waals surface area contributed by atoms with E-state index in [0.29, 0.717) is 0 Å². The van der Waals surface area contributed by atoms with Gasteiger partial charge in [0.2, 0.25) is 0 Å². The van der Waals surface area contributed by atoms with E-state index in [2.05, 4.69) is 47.2 Å². The number of methoxy groups -OCH3 is 1. The number of hydrogen-bond donors (Lipinski definition) is 1. The second-order valence-corrected chi connectivity index (χ2v) is 6.20. The first kappa shape index (κ1) is 16.3. The van der Waals surface area contributed by atoms with Gasteiger partial charge >= 0.3 is 0 Å². The Morgan fingerprint density at radius 3 is 2.48 bits per heavy atom. The van der Waals surface area contributed by atoms with Gasteiger partial charge < -0.3 is 10.1 Å². The van der Waals surface area contributed by atoms with Crippen LogP contribution in [-0.4, -0.2) is 13.7 Å². The maximum Gasteiger partial charge on any atom is 0.119 e. The van der Waals surface area contributed by atoms with E-state index in [0.717, 1.165) is 27.4 Å². The highest BCUT2D eigenvalue weighted by molar-refractivity contribution is 9.10. The molecule has 0 amide bonds. The van der Waals surface area contributed by atoms with Crippen LogP contribution in [0.25, 0.3) is 0 Å². The first-order chi connectivity index (χ1) is 10.1. The first-order valence-electron chi connectivity index (χ1n) is 6.89. The zero-order valence-electron chi connectivity index (χ0n) is 12.4. The van der Waals surface area contributed by atoms with Crippen LogP contribution in [0.15, 0.2) is 40.9 Å². The molecule has 0 fully saturated rings. The molecule has 1 atom stereocenters. The fourth-order valence-corrected chi connectivity index (χ4v) is 3.21. The maximum absolute atomic E-state index is 6.43. The van der Waals surface area contributed by atoms with Gasteiger partial charge in [-0.2, -0.15) is 0 Å². The topological polar surface area (TPSA) is 21.3 Å². The standard InChI is InChI=1S/C17H19BrClNO/c1-4-20-17(15-7-5-12(18)10-16(15)19)14-8-6-13(21-3)9-11(14)2/h5-10,17,20H,4H2,1-3H3. The fraction of sp³-hybridized carbons (Fsp3) is 0.294. The highest BCUT2D eigenvalue weighted by Gasteiger charge is 2.18. The van der Waals surface area contributed by atoms with E-state index in [1.165, 1.54) is 11.1 Å². The predicted molar refractivity (Wildman–Crippen MR) is 92.4 cm³/mol. The number of aryl methyl sites for hydroxylation is 1. The Kier molecular flexibility index (Phi) is 5.68. The summed E-state index contributed by atoms with van der Waals surface area (Å²) in [6.07, 6.45) is 0. The van der Waals surface area contributed by atoms with Crippen LogP contribution in [0.4, 0.5) is 0 Å². The second-order valence-electron chi connectivity index (χ2n) is 4.88. The molecule has 21 heavy (non-hydrogen) atoms. The summed E-state index contributed by atoms with van der Waals surface area (Å²) in [6.45, 7) is 5.05. The molecule has 0 radical (unpaired) electrons. The van der Waals surface area contributed by atoms with Gasteiger partial charge in [-0.15, -0.1) is 0 Å². The minimum absolute atomic E-state index is 0.0708. The van der Waals surface area contributed by atoms with E-state index in [1.54, 1.807) is 7.11 Å². The van der Waals surface area contributed by atoms with Crippen LogP contribution in [0.3, 0.4) is 0 Å². The van der Waals surface area contributed by atoms with E-state index in [4.69, 9.17) is 16.3 Å². The third-order valence-electron chi connectivity index (χ3n) is 3.47. The van der Waals surface area contributed by atoms with Crippen molar-refractivity contribution in [3.05, 3.63) is 62.6 Å². The zero-order chi connectivity index (χ0) is 15.4. The molecule has 0 aromatic heterocycles. The zero-order valence-corrected chi connectivity index (χ0v) is 14.8. The van der Waals surface area contributed by atoms with Crippen LogP contribution in [0.1, 0.15) is 29.7 Å². The summed E-state index contributed by atoms with van der Waals surface area (Å²) < 4.78 is 6.27. The van der Waals surface area contributed by atoms with Crippen molar-refractivity contribution in [3.63, 3.8) is 0 Å². The summed E-state index contributed by atoms with van der Waals surface area (Å²) in [4.78, 5) is 0. The van der Waals surface area contributed by atoms with Crippen molar-refractivity contribution in [2.75, 3.05) is 13.7 Å². The molecule has 112 valence electrons. The molecule has 0 saturated heterocycles. The lowest BCUT2D eigenvalue weighted by molar-refractivity contribution is 0.414. The quantitative estimate of drug-likeness (QED) is 0.791. The van der Waals surface area contributed by atoms with Gasteiger partial charge in [0.15, 0.2) is 0 Å². The number of ether oxygens (including phenoxy) is 1. The summed E-state index contributed by atoms with van der Waals surface area (Å²) in [5.41, 5.74) is 3.47. The number of halogens is 2. The Labute approximate surface area is 139 Å². The molecular formula is C17H19BrClNO. The number of rotatable bonds is 5. The molecule has 4 heteroatoms. The average molecular weight is 369 g/mol. The lowest BCUT2D eigenvalue weighted by Crippen LogP contribution is -2.23. The maximum atomic E-state index is 6.43. The van der Waals surface area contributed by atoms with Crippen LogP contribution in [-0.2, 0) is 0 Å². The van der Waals surface area contributed by atoms with Crippen molar-refractivity contribution in [1.82, 2.24) is 5.32 Å². The molecule has 2 nitrogen and oxygen atoms in total. The molecule has 2 aromatic carbocycles. The molecule has 2 rings (SSSR count). The number of hydrogen-bond acceptors (Lipinski definition) is 2. The van der Waals surface area contributed by atoms with Crippen molar-refractivity contribution < 1.29 is 4.74 Å². The number of benzene rings is 2. The normalized spacial score (nSPS) is 12.2. The molecule has 0 bridgehead atoms. The SMILES string of the molecule is CCNC(c1ccc(OC)cc1C)c1ccc(Br)cc1Cl.